The zero-order valence-electron chi connectivity index (χ0n) is 11.3. The lowest BCUT2D eigenvalue weighted by Gasteiger charge is -2.28. The number of carbonyl (C=O) groups excluding carboxylic acids is 1. The summed E-state index contributed by atoms with van der Waals surface area (Å²) in [5.74, 6) is -3.00. The normalized spacial score (nSPS) is 26.3. The average molecular weight is 352 g/mol. The van der Waals surface area contributed by atoms with Gasteiger partial charge in [-0.05, 0) is 37.5 Å². The van der Waals surface area contributed by atoms with Crippen LogP contribution in [0.1, 0.15) is 25.7 Å². The molecule has 0 amide bonds. The number of hydrogen-bond acceptors (Lipinski definition) is 5. The SMILES string of the molecule is O=C(OCC1CCC(CO)CC1)C(F)(C(F)(F)F)S(=O)(=O)O. The Bertz CT molecular complexity index is 497. The highest BCUT2D eigenvalue weighted by Crippen LogP contribution is 2.39. The molecule has 0 spiro atoms. The van der Waals surface area contributed by atoms with E-state index >= 15 is 0 Å². The number of aliphatic hydroxyl groups excluding tert-OH is 1. The first-order valence-corrected chi connectivity index (χ1v) is 7.88. The summed E-state index contributed by atoms with van der Waals surface area (Å²) in [5, 5.41) is 3.43. The molecule has 130 valence electrons. The first-order valence-electron chi connectivity index (χ1n) is 6.44. The van der Waals surface area contributed by atoms with Crippen molar-refractivity contribution >= 4 is 16.1 Å². The Hall–Kier alpha value is -0.940. The van der Waals surface area contributed by atoms with Crippen LogP contribution in [0.15, 0.2) is 0 Å². The lowest BCUT2D eigenvalue weighted by molar-refractivity contribution is -0.216. The summed E-state index contributed by atoms with van der Waals surface area (Å²) in [7, 11) is -6.39. The van der Waals surface area contributed by atoms with Gasteiger partial charge in [0.05, 0.1) is 6.61 Å². The van der Waals surface area contributed by atoms with E-state index in [2.05, 4.69) is 4.74 Å². The molecule has 1 rings (SSSR count). The fourth-order valence-electron chi connectivity index (χ4n) is 2.23. The molecule has 11 heteroatoms. The minimum absolute atomic E-state index is 0.0308. The summed E-state index contributed by atoms with van der Waals surface area (Å²) in [6.45, 7) is -0.620. The van der Waals surface area contributed by atoms with Crippen LogP contribution in [0, 0.1) is 11.8 Å². The molecule has 1 atom stereocenters. The molecule has 1 unspecified atom stereocenters. The maximum Gasteiger partial charge on any atom is 0.451 e. The summed E-state index contributed by atoms with van der Waals surface area (Å²) in [5.41, 5.74) is 0. The second-order valence-electron chi connectivity index (χ2n) is 5.24. The Kier molecular flexibility index (Phi) is 5.79. The van der Waals surface area contributed by atoms with Crippen LogP contribution < -0.4 is 0 Å². The molecule has 2 N–H and O–H groups in total. The largest absolute Gasteiger partial charge is 0.462 e. The summed E-state index contributed by atoms with van der Waals surface area (Å²) in [6.07, 6.45) is -4.15. The van der Waals surface area contributed by atoms with Crippen LogP contribution in [-0.2, 0) is 19.6 Å². The molecule has 0 heterocycles. The molecular formula is C11H16F4O6S. The van der Waals surface area contributed by atoms with E-state index in [1.54, 1.807) is 0 Å². The number of esters is 1. The summed E-state index contributed by atoms with van der Waals surface area (Å²) >= 11 is 0. The summed E-state index contributed by atoms with van der Waals surface area (Å²) in [6, 6.07) is 0. The Labute approximate surface area is 124 Å². The van der Waals surface area contributed by atoms with E-state index in [4.69, 9.17) is 9.66 Å². The lowest BCUT2D eigenvalue weighted by Crippen LogP contribution is -2.55. The van der Waals surface area contributed by atoms with E-state index in [0.29, 0.717) is 25.7 Å². The molecule has 1 aliphatic rings. The number of halogens is 4. The number of rotatable bonds is 5. The Morgan fingerprint density at radius 3 is 1.91 bits per heavy atom. The Morgan fingerprint density at radius 2 is 1.55 bits per heavy atom. The maximum atomic E-state index is 13.6. The predicted octanol–water partition coefficient (Wildman–Crippen LogP) is 1.44. The monoisotopic (exact) mass is 352 g/mol. The molecular weight excluding hydrogens is 336 g/mol. The molecule has 1 aliphatic carbocycles. The second-order valence-corrected chi connectivity index (χ2v) is 6.75. The van der Waals surface area contributed by atoms with Crippen molar-refractivity contribution in [1.82, 2.24) is 0 Å². The van der Waals surface area contributed by atoms with Gasteiger partial charge in [-0.25, -0.2) is 9.18 Å². The second kappa shape index (κ2) is 6.67. The number of aliphatic hydroxyl groups is 1. The zero-order chi connectivity index (χ0) is 17.2. The topological polar surface area (TPSA) is 101 Å². The number of ether oxygens (including phenoxy) is 1. The van der Waals surface area contributed by atoms with Crippen LogP contribution in [0.2, 0.25) is 0 Å². The van der Waals surface area contributed by atoms with Gasteiger partial charge in [0.1, 0.15) is 0 Å². The van der Waals surface area contributed by atoms with Crippen molar-refractivity contribution in [3.8, 4) is 0 Å². The fraction of sp³-hybridized carbons (Fsp3) is 0.909. The van der Waals surface area contributed by atoms with Gasteiger partial charge in [0.2, 0.25) is 0 Å². The van der Waals surface area contributed by atoms with Gasteiger partial charge in [0.25, 0.3) is 0 Å². The number of carbonyl (C=O) groups is 1. The molecule has 0 aliphatic heterocycles. The molecule has 6 nitrogen and oxygen atoms in total. The van der Waals surface area contributed by atoms with Crippen LogP contribution in [-0.4, -0.2) is 48.4 Å². The first-order chi connectivity index (χ1) is 9.93. The van der Waals surface area contributed by atoms with E-state index in [9.17, 15) is 30.8 Å². The molecule has 0 bridgehead atoms. The number of alkyl halides is 4. The molecule has 1 fully saturated rings. The molecule has 0 aromatic heterocycles. The molecule has 0 saturated heterocycles. The molecule has 0 aromatic rings. The van der Waals surface area contributed by atoms with E-state index in [-0.39, 0.29) is 18.4 Å². The Balaban J connectivity index is 2.71. The number of hydrogen-bond donors (Lipinski definition) is 2. The van der Waals surface area contributed by atoms with Gasteiger partial charge in [-0.1, -0.05) is 0 Å². The third-order valence-electron chi connectivity index (χ3n) is 3.66. The highest BCUT2D eigenvalue weighted by Gasteiger charge is 2.72. The van der Waals surface area contributed by atoms with E-state index < -0.39 is 33.9 Å². The van der Waals surface area contributed by atoms with E-state index in [1.165, 1.54) is 0 Å². The highest BCUT2D eigenvalue weighted by atomic mass is 32.2. The van der Waals surface area contributed by atoms with Gasteiger partial charge in [-0.15, -0.1) is 0 Å². The average Bonchev–Trinajstić information content (AvgIpc) is 2.41. The van der Waals surface area contributed by atoms with Crippen LogP contribution in [0.25, 0.3) is 0 Å². The third kappa shape index (κ3) is 3.87. The van der Waals surface area contributed by atoms with Crippen LogP contribution in [0.4, 0.5) is 17.6 Å². The van der Waals surface area contributed by atoms with Gasteiger partial charge in [0.15, 0.2) is 0 Å². The van der Waals surface area contributed by atoms with Crippen LogP contribution in [0.3, 0.4) is 0 Å². The van der Waals surface area contributed by atoms with Gasteiger partial charge >= 0.3 is 27.3 Å². The van der Waals surface area contributed by atoms with Crippen molar-refractivity contribution in [1.29, 1.82) is 0 Å². The van der Waals surface area contributed by atoms with Gasteiger partial charge in [0, 0.05) is 6.61 Å². The van der Waals surface area contributed by atoms with Crippen molar-refractivity contribution in [2.24, 2.45) is 11.8 Å². The van der Waals surface area contributed by atoms with Crippen molar-refractivity contribution < 1.29 is 45.2 Å². The van der Waals surface area contributed by atoms with Crippen LogP contribution in [0.5, 0.6) is 0 Å². The van der Waals surface area contributed by atoms with Gasteiger partial charge in [-0.3, -0.25) is 4.55 Å². The molecule has 0 aromatic carbocycles. The summed E-state index contributed by atoms with van der Waals surface area (Å²) in [4.78, 5) is 11.2. The quantitative estimate of drug-likeness (QED) is 0.441. The molecule has 22 heavy (non-hydrogen) atoms. The maximum absolute atomic E-state index is 13.6. The van der Waals surface area contributed by atoms with Crippen molar-refractivity contribution in [3.05, 3.63) is 0 Å². The van der Waals surface area contributed by atoms with E-state index in [0.717, 1.165) is 0 Å². The lowest BCUT2D eigenvalue weighted by atomic mass is 9.83. The van der Waals surface area contributed by atoms with Gasteiger partial charge in [-0.2, -0.15) is 21.6 Å². The van der Waals surface area contributed by atoms with Gasteiger partial charge < -0.3 is 9.84 Å². The fourth-order valence-corrected chi connectivity index (χ4v) is 2.80. The third-order valence-corrected chi connectivity index (χ3v) is 4.77. The van der Waals surface area contributed by atoms with Crippen molar-refractivity contribution in [3.63, 3.8) is 0 Å². The smallest absolute Gasteiger partial charge is 0.451 e. The predicted molar refractivity (Wildman–Crippen MR) is 64.9 cm³/mol. The molecule has 0 radical (unpaired) electrons. The van der Waals surface area contributed by atoms with Crippen molar-refractivity contribution in [2.45, 2.75) is 36.9 Å². The highest BCUT2D eigenvalue weighted by molar-refractivity contribution is 7.88. The Morgan fingerprint density at radius 1 is 1.09 bits per heavy atom. The van der Waals surface area contributed by atoms with Crippen molar-refractivity contribution in [2.75, 3.05) is 13.2 Å². The van der Waals surface area contributed by atoms with E-state index in [1.807, 2.05) is 0 Å². The minimum atomic E-state index is -6.39. The minimum Gasteiger partial charge on any atom is -0.462 e. The van der Waals surface area contributed by atoms with Crippen LogP contribution >= 0.6 is 0 Å². The summed E-state index contributed by atoms with van der Waals surface area (Å²) < 4.78 is 84.8. The standard InChI is InChI=1S/C11H16F4O6S/c12-10(11(13,14)15,22(18,19)20)9(17)21-6-8-3-1-7(5-16)2-4-8/h7-8,16H,1-6H2,(H,18,19,20). The first kappa shape index (κ1) is 19.1. The molecule has 1 saturated carbocycles. The zero-order valence-corrected chi connectivity index (χ0v) is 12.2.